The minimum absolute atomic E-state index is 0.0133. The third-order valence-electron chi connectivity index (χ3n) is 4.65. The predicted octanol–water partition coefficient (Wildman–Crippen LogP) is 3.08. The lowest BCUT2D eigenvalue weighted by Gasteiger charge is -2.31. The molecule has 2 aliphatic rings. The van der Waals surface area contributed by atoms with Gasteiger partial charge >= 0.3 is 5.97 Å². The van der Waals surface area contributed by atoms with Gasteiger partial charge < -0.3 is 14.2 Å². The van der Waals surface area contributed by atoms with E-state index < -0.39 is 0 Å². The normalized spacial score (nSPS) is 34.7. The third kappa shape index (κ3) is 4.45. The predicted molar refractivity (Wildman–Crippen MR) is 76.5 cm³/mol. The lowest BCUT2D eigenvalue weighted by molar-refractivity contribution is -0.159. The maximum Gasteiger partial charge on any atom is 0.309 e. The van der Waals surface area contributed by atoms with Crippen molar-refractivity contribution >= 4 is 5.97 Å². The summed E-state index contributed by atoms with van der Waals surface area (Å²) < 4.78 is 16.7. The molecule has 0 atom stereocenters. The van der Waals surface area contributed by atoms with Gasteiger partial charge in [0.15, 0.2) is 0 Å². The fourth-order valence-corrected chi connectivity index (χ4v) is 3.35. The van der Waals surface area contributed by atoms with Crippen LogP contribution in [0.25, 0.3) is 0 Å². The largest absolute Gasteiger partial charge is 0.462 e. The van der Waals surface area contributed by atoms with Crippen molar-refractivity contribution in [3.8, 4) is 0 Å². The van der Waals surface area contributed by atoms with Gasteiger partial charge in [-0.15, -0.1) is 0 Å². The molecular formula is C16H28O4. The van der Waals surface area contributed by atoms with E-state index in [0.29, 0.717) is 12.2 Å². The average molecular weight is 284 g/mol. The summed E-state index contributed by atoms with van der Waals surface area (Å²) in [6, 6.07) is 0. The summed E-state index contributed by atoms with van der Waals surface area (Å²) in [7, 11) is 1.75. The molecule has 0 aromatic rings. The van der Waals surface area contributed by atoms with Gasteiger partial charge in [0.1, 0.15) is 6.10 Å². The Morgan fingerprint density at radius 1 is 0.900 bits per heavy atom. The molecule has 2 rings (SSSR count). The van der Waals surface area contributed by atoms with E-state index in [-0.39, 0.29) is 18.0 Å². The van der Waals surface area contributed by atoms with Crippen molar-refractivity contribution < 1.29 is 19.0 Å². The van der Waals surface area contributed by atoms with Crippen molar-refractivity contribution in [2.75, 3.05) is 13.7 Å². The van der Waals surface area contributed by atoms with Crippen LogP contribution in [0, 0.1) is 5.92 Å². The molecule has 2 fully saturated rings. The Hall–Kier alpha value is -0.610. The number of esters is 1. The molecule has 0 saturated heterocycles. The van der Waals surface area contributed by atoms with E-state index >= 15 is 0 Å². The van der Waals surface area contributed by atoms with E-state index in [1.807, 2.05) is 6.92 Å². The molecule has 0 N–H and O–H groups in total. The number of ether oxygens (including phenoxy) is 3. The molecule has 4 heteroatoms. The van der Waals surface area contributed by atoms with Crippen LogP contribution in [0.3, 0.4) is 0 Å². The average Bonchev–Trinajstić information content (AvgIpc) is 2.49. The first kappa shape index (κ1) is 15.8. The second-order valence-corrected chi connectivity index (χ2v) is 6.00. The first-order chi connectivity index (χ1) is 9.72. The lowest BCUT2D eigenvalue weighted by Crippen LogP contribution is -2.32. The summed E-state index contributed by atoms with van der Waals surface area (Å²) in [4.78, 5) is 12.2. The van der Waals surface area contributed by atoms with E-state index in [1.165, 1.54) is 0 Å². The zero-order valence-corrected chi connectivity index (χ0v) is 12.8. The van der Waals surface area contributed by atoms with Gasteiger partial charge in [0.05, 0.1) is 18.1 Å². The van der Waals surface area contributed by atoms with Crippen molar-refractivity contribution in [3.63, 3.8) is 0 Å². The highest BCUT2D eigenvalue weighted by Crippen LogP contribution is 2.29. The SMILES string of the molecule is CCOC1CCC(OC(=O)C2CCC(OC)CC2)CC1. The summed E-state index contributed by atoms with van der Waals surface area (Å²) in [6.45, 7) is 2.81. The van der Waals surface area contributed by atoms with Crippen LogP contribution in [0.5, 0.6) is 0 Å². The highest BCUT2D eigenvalue weighted by molar-refractivity contribution is 5.72. The number of methoxy groups -OCH3 is 1. The summed E-state index contributed by atoms with van der Waals surface area (Å²) in [5.74, 6) is 0.102. The topological polar surface area (TPSA) is 44.8 Å². The number of rotatable bonds is 5. The molecule has 0 radical (unpaired) electrons. The second-order valence-electron chi connectivity index (χ2n) is 6.00. The van der Waals surface area contributed by atoms with Gasteiger partial charge in [0.2, 0.25) is 0 Å². The number of carbonyl (C=O) groups excluding carboxylic acids is 1. The van der Waals surface area contributed by atoms with Crippen LogP contribution in [-0.4, -0.2) is 38.0 Å². The Bertz CT molecular complexity index is 289. The zero-order valence-electron chi connectivity index (χ0n) is 12.8. The van der Waals surface area contributed by atoms with Gasteiger partial charge in [-0.25, -0.2) is 0 Å². The van der Waals surface area contributed by atoms with E-state index in [9.17, 15) is 4.79 Å². The molecule has 0 aromatic heterocycles. The zero-order chi connectivity index (χ0) is 14.4. The van der Waals surface area contributed by atoms with Crippen LogP contribution in [0.4, 0.5) is 0 Å². The first-order valence-corrected chi connectivity index (χ1v) is 8.07. The molecule has 0 spiro atoms. The van der Waals surface area contributed by atoms with Gasteiger partial charge in [0, 0.05) is 13.7 Å². The Balaban J connectivity index is 1.68. The van der Waals surface area contributed by atoms with Crippen molar-refractivity contribution in [2.45, 2.75) is 76.6 Å². The summed E-state index contributed by atoms with van der Waals surface area (Å²) in [6.07, 6.45) is 8.52. The van der Waals surface area contributed by atoms with Crippen LogP contribution in [0.1, 0.15) is 58.3 Å². The molecule has 0 aliphatic heterocycles. The third-order valence-corrected chi connectivity index (χ3v) is 4.65. The number of hydrogen-bond donors (Lipinski definition) is 0. The molecule has 0 amide bonds. The molecule has 0 bridgehead atoms. The van der Waals surface area contributed by atoms with Gasteiger partial charge in [0.25, 0.3) is 0 Å². The van der Waals surface area contributed by atoms with Crippen molar-refractivity contribution in [1.29, 1.82) is 0 Å². The maximum absolute atomic E-state index is 12.2. The van der Waals surface area contributed by atoms with Crippen LogP contribution >= 0.6 is 0 Å². The highest BCUT2D eigenvalue weighted by Gasteiger charge is 2.30. The smallest absolute Gasteiger partial charge is 0.309 e. The monoisotopic (exact) mass is 284 g/mol. The fourth-order valence-electron chi connectivity index (χ4n) is 3.35. The van der Waals surface area contributed by atoms with Crippen molar-refractivity contribution in [3.05, 3.63) is 0 Å². The number of carbonyl (C=O) groups is 1. The molecule has 0 aromatic carbocycles. The summed E-state index contributed by atoms with van der Waals surface area (Å²) >= 11 is 0. The van der Waals surface area contributed by atoms with E-state index in [1.54, 1.807) is 7.11 Å². The minimum Gasteiger partial charge on any atom is -0.462 e. The number of hydrogen-bond acceptors (Lipinski definition) is 4. The minimum atomic E-state index is 0.0133. The van der Waals surface area contributed by atoms with E-state index in [0.717, 1.165) is 58.0 Å². The van der Waals surface area contributed by atoms with Crippen LogP contribution in [-0.2, 0) is 19.0 Å². The Kier molecular flexibility index (Phi) is 6.30. The van der Waals surface area contributed by atoms with Gasteiger partial charge in [-0.05, 0) is 58.3 Å². The van der Waals surface area contributed by atoms with E-state index in [4.69, 9.17) is 14.2 Å². The van der Waals surface area contributed by atoms with Gasteiger partial charge in [-0.1, -0.05) is 0 Å². The molecular weight excluding hydrogens is 256 g/mol. The Labute approximate surface area is 122 Å². The van der Waals surface area contributed by atoms with Crippen molar-refractivity contribution in [2.24, 2.45) is 5.92 Å². The van der Waals surface area contributed by atoms with E-state index in [2.05, 4.69) is 0 Å². The van der Waals surface area contributed by atoms with Crippen LogP contribution < -0.4 is 0 Å². The molecule has 20 heavy (non-hydrogen) atoms. The van der Waals surface area contributed by atoms with Crippen LogP contribution in [0.2, 0.25) is 0 Å². The molecule has 0 unspecified atom stereocenters. The standard InChI is InChI=1S/C16H28O4/c1-3-19-14-8-10-15(11-9-14)20-16(17)12-4-6-13(18-2)7-5-12/h12-15H,3-11H2,1-2H3. The maximum atomic E-state index is 12.2. The van der Waals surface area contributed by atoms with Gasteiger partial charge in [-0.2, -0.15) is 0 Å². The Morgan fingerprint density at radius 2 is 1.45 bits per heavy atom. The van der Waals surface area contributed by atoms with Crippen LogP contribution in [0.15, 0.2) is 0 Å². The quantitative estimate of drug-likeness (QED) is 0.728. The summed E-state index contributed by atoms with van der Waals surface area (Å²) in [5.41, 5.74) is 0. The molecule has 4 nitrogen and oxygen atoms in total. The summed E-state index contributed by atoms with van der Waals surface area (Å²) in [5, 5.41) is 0. The highest BCUT2D eigenvalue weighted by atomic mass is 16.5. The van der Waals surface area contributed by atoms with Crippen molar-refractivity contribution in [1.82, 2.24) is 0 Å². The molecule has 2 aliphatic carbocycles. The van der Waals surface area contributed by atoms with Gasteiger partial charge in [-0.3, -0.25) is 4.79 Å². The molecule has 2 saturated carbocycles. The second kappa shape index (κ2) is 7.99. The fraction of sp³-hybridized carbons (Fsp3) is 0.938. The molecule has 0 heterocycles. The lowest BCUT2D eigenvalue weighted by atomic mass is 9.87. The Morgan fingerprint density at radius 3 is 2.00 bits per heavy atom. The molecule has 116 valence electrons. The first-order valence-electron chi connectivity index (χ1n) is 8.07.